The molecule has 128 valence electrons. The highest BCUT2D eigenvalue weighted by atomic mass is 16.5. The van der Waals surface area contributed by atoms with Crippen LogP contribution in [-0.4, -0.2) is 26.1 Å². The predicted octanol–water partition coefficient (Wildman–Crippen LogP) is 3.62. The van der Waals surface area contributed by atoms with Crippen molar-refractivity contribution in [1.29, 1.82) is 0 Å². The van der Waals surface area contributed by atoms with E-state index in [1.54, 1.807) is 37.4 Å². The Morgan fingerprint density at radius 3 is 2.44 bits per heavy atom. The third kappa shape index (κ3) is 3.39. The van der Waals surface area contributed by atoms with Gasteiger partial charge in [0.25, 0.3) is 5.91 Å². The lowest BCUT2D eigenvalue weighted by atomic mass is 10.1. The van der Waals surface area contributed by atoms with Gasteiger partial charge in [0.1, 0.15) is 5.58 Å². The van der Waals surface area contributed by atoms with Gasteiger partial charge in [-0.05, 0) is 30.3 Å². The summed E-state index contributed by atoms with van der Waals surface area (Å²) in [5.74, 6) is -0.605. The molecule has 0 aliphatic heterocycles. The van der Waals surface area contributed by atoms with Crippen LogP contribution in [0.4, 0.5) is 5.69 Å². The van der Waals surface area contributed by atoms with Crippen LogP contribution in [0.1, 0.15) is 26.5 Å². The van der Waals surface area contributed by atoms with E-state index in [4.69, 9.17) is 9.15 Å². The number of esters is 1. The summed E-state index contributed by atoms with van der Waals surface area (Å²) in [6.07, 6.45) is 0. The number of carbonyl (C=O) groups is 2. The SMILES string of the molecule is COCc1c(C(=O)Nc2ccc(C(=O)OC)cc2)oc2ccccc12. The Morgan fingerprint density at radius 1 is 1.04 bits per heavy atom. The van der Waals surface area contributed by atoms with Crippen molar-refractivity contribution in [3.8, 4) is 0 Å². The molecule has 6 nitrogen and oxygen atoms in total. The lowest BCUT2D eigenvalue weighted by molar-refractivity contribution is 0.0600. The van der Waals surface area contributed by atoms with Crippen molar-refractivity contribution in [2.24, 2.45) is 0 Å². The monoisotopic (exact) mass is 339 g/mol. The Morgan fingerprint density at radius 2 is 1.76 bits per heavy atom. The quantitative estimate of drug-likeness (QED) is 0.718. The van der Waals surface area contributed by atoms with E-state index >= 15 is 0 Å². The van der Waals surface area contributed by atoms with Gasteiger partial charge in [0.15, 0.2) is 5.76 Å². The minimum absolute atomic E-state index is 0.208. The van der Waals surface area contributed by atoms with Gasteiger partial charge in [0.05, 0.1) is 19.3 Å². The largest absolute Gasteiger partial charge is 0.465 e. The van der Waals surface area contributed by atoms with Gasteiger partial charge in [-0.25, -0.2) is 4.79 Å². The lowest BCUT2D eigenvalue weighted by Gasteiger charge is -2.06. The molecule has 0 unspecified atom stereocenters. The normalized spacial score (nSPS) is 10.6. The van der Waals surface area contributed by atoms with Gasteiger partial charge in [-0.3, -0.25) is 4.79 Å². The number of nitrogens with one attached hydrogen (secondary N) is 1. The Labute approximate surface area is 144 Å². The Balaban J connectivity index is 1.87. The van der Waals surface area contributed by atoms with Crippen LogP contribution in [0.15, 0.2) is 52.9 Å². The number of benzene rings is 2. The second kappa shape index (κ2) is 7.19. The molecule has 0 radical (unpaired) electrons. The van der Waals surface area contributed by atoms with Crippen molar-refractivity contribution in [2.75, 3.05) is 19.5 Å². The molecule has 0 aliphatic rings. The third-order valence-electron chi connectivity index (χ3n) is 3.76. The number of carbonyl (C=O) groups excluding carboxylic acids is 2. The molecule has 0 spiro atoms. The number of hydrogen-bond acceptors (Lipinski definition) is 5. The average Bonchev–Trinajstić information content (AvgIpc) is 3.01. The molecule has 3 rings (SSSR count). The maximum atomic E-state index is 12.6. The smallest absolute Gasteiger partial charge is 0.337 e. The number of para-hydroxylation sites is 1. The molecule has 0 bridgehead atoms. The first-order chi connectivity index (χ1) is 12.1. The highest BCUT2D eigenvalue weighted by Gasteiger charge is 2.20. The lowest BCUT2D eigenvalue weighted by Crippen LogP contribution is -2.13. The number of ether oxygens (including phenoxy) is 2. The van der Waals surface area contributed by atoms with E-state index in [-0.39, 0.29) is 18.3 Å². The molecule has 0 saturated carbocycles. The first-order valence-corrected chi connectivity index (χ1v) is 7.63. The van der Waals surface area contributed by atoms with E-state index in [0.717, 1.165) is 5.39 Å². The first-order valence-electron chi connectivity index (χ1n) is 7.63. The Kier molecular flexibility index (Phi) is 4.81. The van der Waals surface area contributed by atoms with Crippen LogP contribution in [0.5, 0.6) is 0 Å². The van der Waals surface area contributed by atoms with Gasteiger partial charge < -0.3 is 19.2 Å². The van der Waals surface area contributed by atoms with E-state index in [0.29, 0.717) is 22.4 Å². The van der Waals surface area contributed by atoms with E-state index < -0.39 is 5.97 Å². The number of rotatable bonds is 5. The summed E-state index contributed by atoms with van der Waals surface area (Å²) < 4.78 is 15.5. The van der Waals surface area contributed by atoms with Gasteiger partial charge in [-0.2, -0.15) is 0 Å². The molecular formula is C19H17NO5. The molecule has 1 aromatic heterocycles. The van der Waals surface area contributed by atoms with Crippen LogP contribution in [0.3, 0.4) is 0 Å². The average molecular weight is 339 g/mol. The van der Waals surface area contributed by atoms with Crippen LogP contribution in [0.2, 0.25) is 0 Å². The summed E-state index contributed by atoms with van der Waals surface area (Å²) in [7, 11) is 2.88. The minimum atomic E-state index is -0.433. The van der Waals surface area contributed by atoms with Gasteiger partial charge in [-0.15, -0.1) is 0 Å². The number of amides is 1. The molecule has 1 amide bonds. The van der Waals surface area contributed by atoms with Crippen molar-refractivity contribution in [3.05, 3.63) is 65.4 Å². The number of hydrogen-bond donors (Lipinski definition) is 1. The summed E-state index contributed by atoms with van der Waals surface area (Å²) >= 11 is 0. The summed E-state index contributed by atoms with van der Waals surface area (Å²) in [5, 5.41) is 3.60. The molecule has 0 fully saturated rings. The van der Waals surface area contributed by atoms with Crippen LogP contribution >= 0.6 is 0 Å². The summed E-state index contributed by atoms with van der Waals surface area (Å²) in [6, 6.07) is 13.8. The maximum absolute atomic E-state index is 12.6. The summed E-state index contributed by atoms with van der Waals surface area (Å²) in [6.45, 7) is 0.265. The van der Waals surface area contributed by atoms with Crippen LogP contribution < -0.4 is 5.32 Å². The van der Waals surface area contributed by atoms with Gasteiger partial charge in [0, 0.05) is 23.7 Å². The standard InChI is InChI=1S/C19H17NO5/c1-23-11-15-14-5-3-4-6-16(14)25-17(15)18(21)20-13-9-7-12(8-10-13)19(22)24-2/h3-10H,11H2,1-2H3,(H,20,21). The topological polar surface area (TPSA) is 77.8 Å². The van der Waals surface area contributed by atoms with Crippen molar-refractivity contribution in [2.45, 2.75) is 6.61 Å². The number of anilines is 1. The highest BCUT2D eigenvalue weighted by Crippen LogP contribution is 2.27. The fourth-order valence-corrected chi connectivity index (χ4v) is 2.57. The molecule has 0 aliphatic carbocycles. The molecular weight excluding hydrogens is 322 g/mol. The Hall–Kier alpha value is -3.12. The van der Waals surface area contributed by atoms with Crippen molar-refractivity contribution in [1.82, 2.24) is 0 Å². The number of fused-ring (bicyclic) bond motifs is 1. The van der Waals surface area contributed by atoms with E-state index in [9.17, 15) is 9.59 Å². The van der Waals surface area contributed by atoms with Crippen LogP contribution in [-0.2, 0) is 16.1 Å². The molecule has 1 N–H and O–H groups in total. The van der Waals surface area contributed by atoms with Crippen LogP contribution in [0, 0.1) is 0 Å². The maximum Gasteiger partial charge on any atom is 0.337 e. The van der Waals surface area contributed by atoms with Crippen molar-refractivity contribution in [3.63, 3.8) is 0 Å². The molecule has 0 atom stereocenters. The molecule has 25 heavy (non-hydrogen) atoms. The highest BCUT2D eigenvalue weighted by molar-refractivity contribution is 6.06. The molecule has 6 heteroatoms. The van der Waals surface area contributed by atoms with E-state index in [1.807, 2.05) is 18.2 Å². The zero-order chi connectivity index (χ0) is 17.8. The van der Waals surface area contributed by atoms with Gasteiger partial charge >= 0.3 is 5.97 Å². The minimum Gasteiger partial charge on any atom is -0.465 e. The van der Waals surface area contributed by atoms with E-state index in [2.05, 4.69) is 10.1 Å². The summed E-state index contributed by atoms with van der Waals surface area (Å²) in [4.78, 5) is 24.0. The van der Waals surface area contributed by atoms with Gasteiger partial charge in [0.2, 0.25) is 0 Å². The fraction of sp³-hybridized carbons (Fsp3) is 0.158. The predicted molar refractivity (Wildman–Crippen MR) is 92.7 cm³/mol. The molecule has 0 saturated heterocycles. The first kappa shape index (κ1) is 16.7. The van der Waals surface area contributed by atoms with Crippen molar-refractivity contribution < 1.29 is 23.5 Å². The second-order valence-corrected chi connectivity index (χ2v) is 5.36. The van der Waals surface area contributed by atoms with Crippen molar-refractivity contribution >= 4 is 28.5 Å². The second-order valence-electron chi connectivity index (χ2n) is 5.36. The number of methoxy groups -OCH3 is 2. The van der Waals surface area contributed by atoms with Gasteiger partial charge in [-0.1, -0.05) is 18.2 Å². The third-order valence-corrected chi connectivity index (χ3v) is 3.76. The Bertz CT molecular complexity index is 911. The fourth-order valence-electron chi connectivity index (χ4n) is 2.57. The molecule has 1 heterocycles. The number of furan rings is 1. The summed E-state index contributed by atoms with van der Waals surface area (Å²) in [5.41, 5.74) is 2.27. The zero-order valence-corrected chi connectivity index (χ0v) is 13.9. The molecule has 3 aromatic rings. The molecule has 2 aromatic carbocycles. The van der Waals surface area contributed by atoms with Crippen LogP contribution in [0.25, 0.3) is 11.0 Å². The van der Waals surface area contributed by atoms with E-state index in [1.165, 1.54) is 7.11 Å². The zero-order valence-electron chi connectivity index (χ0n) is 13.9.